The number of fused-ring (bicyclic) bond motifs is 13. The van der Waals surface area contributed by atoms with Crippen LogP contribution in [0.5, 0.6) is 0 Å². The summed E-state index contributed by atoms with van der Waals surface area (Å²) < 4.78 is 4.39. The highest BCUT2D eigenvalue weighted by Crippen LogP contribution is 2.46. The van der Waals surface area contributed by atoms with Gasteiger partial charge in [0.1, 0.15) is 0 Å². The van der Waals surface area contributed by atoms with Crippen molar-refractivity contribution in [2.75, 3.05) is 0 Å². The fraction of sp³-hybridized carbons (Fsp3) is 0. The van der Waals surface area contributed by atoms with Gasteiger partial charge in [0, 0.05) is 32.7 Å². The summed E-state index contributed by atoms with van der Waals surface area (Å²) in [4.78, 5) is 21.3. The number of aromatic nitrogens is 6. The molecule has 1 aliphatic carbocycles. The molecule has 0 radical (unpaired) electrons. The first-order chi connectivity index (χ1) is 24.8. The summed E-state index contributed by atoms with van der Waals surface area (Å²) in [5.74, 6) is 1.18. The number of hydrogen-bond donors (Lipinski definition) is 0. The van der Waals surface area contributed by atoms with Gasteiger partial charge in [-0.05, 0) is 45.8 Å². The zero-order valence-electron chi connectivity index (χ0n) is 26.5. The van der Waals surface area contributed by atoms with Crippen LogP contribution in [-0.2, 0) is 0 Å². The van der Waals surface area contributed by atoms with Crippen molar-refractivity contribution >= 4 is 76.2 Å². The van der Waals surface area contributed by atoms with E-state index in [2.05, 4.69) is 155 Å². The van der Waals surface area contributed by atoms with Crippen molar-refractivity contribution in [2.24, 2.45) is 0 Å². The summed E-state index contributed by atoms with van der Waals surface area (Å²) in [7, 11) is 0. The molecule has 0 bridgehead atoms. The van der Waals surface area contributed by atoms with Crippen LogP contribution in [-0.4, -0.2) is 29.1 Å². The molecule has 6 heteroatoms. The van der Waals surface area contributed by atoms with Crippen LogP contribution in [0.3, 0.4) is 0 Å². The van der Waals surface area contributed by atoms with Crippen LogP contribution in [0.25, 0.3) is 111 Å². The summed E-state index contributed by atoms with van der Waals surface area (Å²) in [6, 6.07) is 51.4. The van der Waals surface area contributed by atoms with Gasteiger partial charge in [-0.3, -0.25) is 9.13 Å². The van der Waals surface area contributed by atoms with Gasteiger partial charge in [0.15, 0.2) is 5.65 Å². The third-order valence-electron chi connectivity index (χ3n) is 10.5. The molecule has 12 rings (SSSR count). The van der Waals surface area contributed by atoms with Gasteiger partial charge < -0.3 is 0 Å². The second-order valence-electron chi connectivity index (χ2n) is 13.1. The second kappa shape index (κ2) is 9.36. The lowest BCUT2D eigenvalue weighted by Crippen LogP contribution is -2.06. The van der Waals surface area contributed by atoms with Gasteiger partial charge in [0.2, 0.25) is 11.9 Å². The van der Waals surface area contributed by atoms with E-state index in [1.807, 2.05) is 0 Å². The van der Waals surface area contributed by atoms with Crippen LogP contribution >= 0.6 is 0 Å². The molecular formula is C44H24N6. The zero-order chi connectivity index (χ0) is 32.5. The Balaban J connectivity index is 1.21. The van der Waals surface area contributed by atoms with Crippen molar-refractivity contribution in [1.82, 2.24) is 29.1 Å². The average Bonchev–Trinajstić information content (AvgIpc) is 3.81. The Morgan fingerprint density at radius 2 is 0.740 bits per heavy atom. The maximum Gasteiger partial charge on any atom is 0.237 e. The van der Waals surface area contributed by atoms with E-state index < -0.39 is 0 Å². The Morgan fingerprint density at radius 1 is 0.320 bits per heavy atom. The standard InChI is InChI=1S/C44H24N6/c1-3-13-27-25(11-1)21-23-35-37(27)31-17-7-9-19-33(31)49(35)43-45-40-29-15-5-6-16-30(29)41-39(40)42(47-43)48-44(46-41)50-34-20-10-8-18-32(34)38-28-14-4-2-12-26(28)22-24-36(38)50/h1-24H. The lowest BCUT2D eigenvalue weighted by Gasteiger charge is -2.11. The molecule has 0 aliphatic heterocycles. The average molecular weight is 637 g/mol. The van der Waals surface area contributed by atoms with Crippen LogP contribution in [0.2, 0.25) is 0 Å². The van der Waals surface area contributed by atoms with Crippen molar-refractivity contribution in [1.29, 1.82) is 0 Å². The van der Waals surface area contributed by atoms with Crippen LogP contribution in [0, 0.1) is 0 Å². The normalized spacial score (nSPS) is 12.4. The quantitative estimate of drug-likeness (QED) is 0.189. The monoisotopic (exact) mass is 636 g/mol. The first-order valence-corrected chi connectivity index (χ1v) is 16.8. The SMILES string of the molecule is c1ccc2c(c1)-c1nc(-n3c4ccccc4c4c5ccccc5ccc43)nc3nc(-n4c5ccccc5c5c6ccccc6ccc54)nc-2c13. The Hall–Kier alpha value is -6.92. The second-order valence-corrected chi connectivity index (χ2v) is 13.1. The molecule has 4 heterocycles. The van der Waals surface area contributed by atoms with Crippen molar-refractivity contribution < 1.29 is 0 Å². The number of benzene rings is 7. The zero-order valence-corrected chi connectivity index (χ0v) is 26.5. The van der Waals surface area contributed by atoms with E-state index in [-0.39, 0.29) is 0 Å². The molecule has 0 unspecified atom stereocenters. The highest BCUT2D eigenvalue weighted by molar-refractivity contribution is 6.22. The highest BCUT2D eigenvalue weighted by Gasteiger charge is 2.29. The summed E-state index contributed by atoms with van der Waals surface area (Å²) in [6.07, 6.45) is 0. The minimum Gasteiger partial charge on any atom is -0.278 e. The molecule has 0 amide bonds. The Bertz CT molecular complexity index is 3060. The number of nitrogens with zero attached hydrogens (tertiary/aromatic N) is 6. The predicted octanol–water partition coefficient (Wildman–Crippen LogP) is 10.6. The molecule has 0 atom stereocenters. The summed E-state index contributed by atoms with van der Waals surface area (Å²) in [5, 5.41) is 10.4. The summed E-state index contributed by atoms with van der Waals surface area (Å²) in [5.41, 5.74) is 8.67. The van der Waals surface area contributed by atoms with E-state index in [4.69, 9.17) is 19.9 Å². The molecule has 7 aromatic carbocycles. The fourth-order valence-electron chi connectivity index (χ4n) is 8.41. The Labute approximate surface area is 284 Å². The van der Waals surface area contributed by atoms with Gasteiger partial charge in [-0.1, -0.05) is 121 Å². The first-order valence-electron chi connectivity index (χ1n) is 16.8. The third kappa shape index (κ3) is 3.27. The Morgan fingerprint density at radius 3 is 1.24 bits per heavy atom. The molecule has 1 aliphatic rings. The molecule has 4 aromatic heterocycles. The molecule has 230 valence electrons. The Kier molecular flexibility index (Phi) is 4.89. The van der Waals surface area contributed by atoms with E-state index >= 15 is 0 Å². The maximum atomic E-state index is 5.33. The first kappa shape index (κ1) is 26.1. The minimum atomic E-state index is 0.592. The topological polar surface area (TPSA) is 61.4 Å². The maximum absolute atomic E-state index is 5.33. The van der Waals surface area contributed by atoms with Crippen molar-refractivity contribution in [3.63, 3.8) is 0 Å². The molecule has 0 fully saturated rings. The number of rotatable bonds is 2. The molecule has 0 saturated heterocycles. The van der Waals surface area contributed by atoms with E-state index in [0.717, 1.165) is 50.0 Å². The highest BCUT2D eigenvalue weighted by atomic mass is 15.2. The van der Waals surface area contributed by atoms with Gasteiger partial charge in [0.05, 0.1) is 38.8 Å². The third-order valence-corrected chi connectivity index (χ3v) is 10.5. The molecule has 11 aromatic rings. The minimum absolute atomic E-state index is 0.592. The number of hydrogen-bond acceptors (Lipinski definition) is 4. The largest absolute Gasteiger partial charge is 0.278 e. The van der Waals surface area contributed by atoms with E-state index in [0.29, 0.717) is 17.5 Å². The molecule has 0 spiro atoms. The van der Waals surface area contributed by atoms with Crippen LogP contribution in [0.15, 0.2) is 146 Å². The fourth-order valence-corrected chi connectivity index (χ4v) is 8.41. The van der Waals surface area contributed by atoms with Crippen molar-refractivity contribution in [3.8, 4) is 34.4 Å². The molecule has 0 N–H and O–H groups in total. The smallest absolute Gasteiger partial charge is 0.237 e. The number of para-hydroxylation sites is 2. The van der Waals surface area contributed by atoms with Gasteiger partial charge >= 0.3 is 0 Å². The molecule has 6 nitrogen and oxygen atoms in total. The molecule has 50 heavy (non-hydrogen) atoms. The van der Waals surface area contributed by atoms with Gasteiger partial charge in [-0.2, -0.15) is 9.97 Å². The predicted molar refractivity (Wildman–Crippen MR) is 203 cm³/mol. The summed E-state index contributed by atoms with van der Waals surface area (Å²) in [6.45, 7) is 0. The molecule has 0 saturated carbocycles. The van der Waals surface area contributed by atoms with E-state index in [1.165, 1.54) is 43.1 Å². The molecular weight excluding hydrogens is 613 g/mol. The van der Waals surface area contributed by atoms with E-state index in [9.17, 15) is 0 Å². The van der Waals surface area contributed by atoms with Crippen LogP contribution < -0.4 is 0 Å². The van der Waals surface area contributed by atoms with Crippen molar-refractivity contribution in [3.05, 3.63) is 146 Å². The van der Waals surface area contributed by atoms with Crippen molar-refractivity contribution in [2.45, 2.75) is 0 Å². The summed E-state index contributed by atoms with van der Waals surface area (Å²) >= 11 is 0. The van der Waals surface area contributed by atoms with Gasteiger partial charge in [-0.15, -0.1) is 0 Å². The lowest BCUT2D eigenvalue weighted by atomic mass is 10.0. The van der Waals surface area contributed by atoms with Gasteiger partial charge in [0.25, 0.3) is 0 Å². The lowest BCUT2D eigenvalue weighted by molar-refractivity contribution is 0.976. The van der Waals surface area contributed by atoms with Crippen LogP contribution in [0.4, 0.5) is 0 Å². The van der Waals surface area contributed by atoms with Gasteiger partial charge in [-0.25, -0.2) is 9.97 Å². The van der Waals surface area contributed by atoms with Crippen LogP contribution in [0.1, 0.15) is 0 Å². The van der Waals surface area contributed by atoms with E-state index in [1.54, 1.807) is 0 Å².